The third kappa shape index (κ3) is 5.13. The molecule has 3 aromatic carbocycles. The van der Waals surface area contributed by atoms with Gasteiger partial charge in [0.25, 0.3) is 0 Å². The zero-order chi connectivity index (χ0) is 28.4. The summed E-state index contributed by atoms with van der Waals surface area (Å²) in [6, 6.07) is 16.3. The van der Waals surface area contributed by atoms with Crippen LogP contribution in [0.5, 0.6) is 11.5 Å². The summed E-state index contributed by atoms with van der Waals surface area (Å²) in [6.45, 7) is 0.472. The molecule has 1 amide bonds. The third-order valence-electron chi connectivity index (χ3n) is 8.07. The van der Waals surface area contributed by atoms with Crippen molar-refractivity contribution in [2.24, 2.45) is 11.7 Å². The number of hydrogen-bond acceptors (Lipinski definition) is 6. The average molecular weight is 567 g/mol. The molecule has 1 heterocycles. The molecule has 2 aliphatic rings. The number of nitrogens with one attached hydrogen (secondary N) is 1. The van der Waals surface area contributed by atoms with Crippen molar-refractivity contribution in [1.82, 2.24) is 5.32 Å². The molecule has 7 nitrogen and oxygen atoms in total. The van der Waals surface area contributed by atoms with Gasteiger partial charge in [-0.1, -0.05) is 41.9 Å². The van der Waals surface area contributed by atoms with Crippen LogP contribution in [0.4, 0.5) is 4.39 Å². The van der Waals surface area contributed by atoms with Crippen LogP contribution in [-0.2, 0) is 21.6 Å². The third-order valence-corrected chi connectivity index (χ3v) is 8.38. The lowest BCUT2D eigenvalue weighted by Gasteiger charge is -2.34. The van der Waals surface area contributed by atoms with E-state index in [9.17, 15) is 9.59 Å². The molecule has 1 aliphatic heterocycles. The molecule has 5 rings (SSSR count). The molecule has 0 saturated heterocycles. The van der Waals surface area contributed by atoms with Crippen molar-refractivity contribution >= 4 is 23.5 Å². The van der Waals surface area contributed by atoms with E-state index in [2.05, 4.69) is 5.32 Å². The molecule has 0 aromatic heterocycles. The first-order valence-electron chi connectivity index (χ1n) is 13.3. The monoisotopic (exact) mass is 566 g/mol. The van der Waals surface area contributed by atoms with Gasteiger partial charge in [0.2, 0.25) is 5.91 Å². The Balaban J connectivity index is 1.52. The topological polar surface area (TPSA) is 99.9 Å². The summed E-state index contributed by atoms with van der Waals surface area (Å²) in [5.41, 5.74) is 6.84. The van der Waals surface area contributed by atoms with Crippen LogP contribution in [0.3, 0.4) is 0 Å². The second-order valence-corrected chi connectivity index (χ2v) is 10.8. The number of halogens is 2. The molecule has 40 heavy (non-hydrogen) atoms. The molecule has 0 spiro atoms. The largest absolute Gasteiger partial charge is 0.494 e. The van der Waals surface area contributed by atoms with Crippen LogP contribution in [0, 0.1) is 11.7 Å². The van der Waals surface area contributed by atoms with Crippen molar-refractivity contribution in [2.45, 2.75) is 43.7 Å². The highest BCUT2D eigenvalue weighted by Crippen LogP contribution is 2.49. The Labute approximate surface area is 237 Å². The van der Waals surface area contributed by atoms with E-state index in [4.69, 9.17) is 31.5 Å². The Morgan fingerprint density at radius 3 is 2.42 bits per heavy atom. The summed E-state index contributed by atoms with van der Waals surface area (Å²) >= 11 is 6.71. The van der Waals surface area contributed by atoms with Gasteiger partial charge >= 0.3 is 5.97 Å². The fraction of sp³-hybridized carbons (Fsp3) is 0.355. The SMILES string of the molecule is COC(=O)C1CCC(NC[C@@]2(c3ccccc3)Cc3c(ccc(Cl)c3-c3c(C(N)=O)ccc(OC)c3F)O2)CC1. The van der Waals surface area contributed by atoms with E-state index in [0.717, 1.165) is 31.2 Å². The fourth-order valence-corrected chi connectivity index (χ4v) is 6.22. The van der Waals surface area contributed by atoms with Gasteiger partial charge in [-0.25, -0.2) is 4.39 Å². The van der Waals surface area contributed by atoms with Crippen molar-refractivity contribution in [3.05, 3.63) is 82.1 Å². The number of esters is 1. The predicted molar refractivity (Wildman–Crippen MR) is 150 cm³/mol. The summed E-state index contributed by atoms with van der Waals surface area (Å²) in [7, 11) is 2.78. The highest BCUT2D eigenvalue weighted by molar-refractivity contribution is 6.34. The van der Waals surface area contributed by atoms with E-state index in [1.165, 1.54) is 26.4 Å². The minimum absolute atomic E-state index is 0.00439. The molecule has 1 aliphatic carbocycles. The molecule has 1 saturated carbocycles. The van der Waals surface area contributed by atoms with Gasteiger partial charge in [-0.3, -0.25) is 9.59 Å². The molecule has 0 radical (unpaired) electrons. The molecule has 9 heteroatoms. The average Bonchev–Trinajstić information content (AvgIpc) is 3.36. The van der Waals surface area contributed by atoms with Crippen molar-refractivity contribution < 1.29 is 28.2 Å². The van der Waals surface area contributed by atoms with Gasteiger partial charge in [-0.2, -0.15) is 0 Å². The summed E-state index contributed by atoms with van der Waals surface area (Å²) < 4.78 is 32.6. The summed E-state index contributed by atoms with van der Waals surface area (Å²) in [5, 5.41) is 3.94. The van der Waals surface area contributed by atoms with Gasteiger partial charge < -0.3 is 25.3 Å². The van der Waals surface area contributed by atoms with Gasteiger partial charge in [-0.15, -0.1) is 0 Å². The Morgan fingerprint density at radius 1 is 1.05 bits per heavy atom. The molecular weight excluding hydrogens is 535 g/mol. The second kappa shape index (κ2) is 11.5. The van der Waals surface area contributed by atoms with E-state index < -0.39 is 17.3 Å². The van der Waals surface area contributed by atoms with E-state index in [-0.39, 0.29) is 39.8 Å². The second-order valence-electron chi connectivity index (χ2n) is 10.4. The van der Waals surface area contributed by atoms with E-state index in [1.807, 2.05) is 30.3 Å². The highest BCUT2D eigenvalue weighted by atomic mass is 35.5. The van der Waals surface area contributed by atoms with Crippen LogP contribution in [0.1, 0.15) is 47.2 Å². The van der Waals surface area contributed by atoms with E-state index in [0.29, 0.717) is 29.8 Å². The standard InChI is InChI=1S/C31H32ClFN2O5/c1-38-25-14-12-21(29(34)36)27(28(25)33)26-22-16-31(19-6-4-3-5-7-19,40-24(22)15-13-23(26)32)17-35-20-10-8-18(9-11-20)30(37)39-2/h3-7,12-15,18,20,35H,8-11,16-17H2,1-2H3,(H2,34,36)/t18?,20?,31-/m1/s1. The van der Waals surface area contributed by atoms with Crippen LogP contribution in [0.2, 0.25) is 5.02 Å². The highest BCUT2D eigenvalue weighted by Gasteiger charge is 2.44. The molecule has 1 atom stereocenters. The van der Waals surface area contributed by atoms with Crippen LogP contribution in [0.25, 0.3) is 11.1 Å². The number of rotatable bonds is 8. The number of amides is 1. The lowest BCUT2D eigenvalue weighted by atomic mass is 9.83. The molecular formula is C31H32ClFN2O5. The normalized spacial score (nSPS) is 21.8. The maximum atomic E-state index is 15.8. The van der Waals surface area contributed by atoms with Crippen LogP contribution >= 0.6 is 11.6 Å². The summed E-state index contributed by atoms with van der Waals surface area (Å²) in [5.74, 6) is -1.18. The van der Waals surface area contributed by atoms with Gasteiger partial charge in [0, 0.05) is 40.7 Å². The number of hydrogen-bond donors (Lipinski definition) is 2. The maximum absolute atomic E-state index is 15.8. The predicted octanol–water partition coefficient (Wildman–Crippen LogP) is 5.41. The zero-order valence-corrected chi connectivity index (χ0v) is 23.2. The molecule has 210 valence electrons. The number of ether oxygens (including phenoxy) is 3. The summed E-state index contributed by atoms with van der Waals surface area (Å²) in [6.07, 6.45) is 3.57. The zero-order valence-electron chi connectivity index (χ0n) is 22.5. The lowest BCUT2D eigenvalue weighted by Crippen LogP contribution is -2.47. The minimum atomic E-state index is -0.815. The number of carbonyl (C=O) groups is 2. The molecule has 3 N–H and O–H groups in total. The van der Waals surface area contributed by atoms with Gasteiger partial charge in [-0.05, 0) is 55.5 Å². The lowest BCUT2D eigenvalue weighted by molar-refractivity contribution is -0.146. The smallest absolute Gasteiger partial charge is 0.308 e. The van der Waals surface area contributed by atoms with Gasteiger partial charge in [0.1, 0.15) is 5.75 Å². The summed E-state index contributed by atoms with van der Waals surface area (Å²) in [4.78, 5) is 24.3. The molecule has 3 aromatic rings. The first kappa shape index (κ1) is 27.9. The van der Waals surface area contributed by atoms with Crippen molar-refractivity contribution in [2.75, 3.05) is 20.8 Å². The van der Waals surface area contributed by atoms with Gasteiger partial charge in [0.05, 0.1) is 25.7 Å². The van der Waals surface area contributed by atoms with E-state index >= 15 is 4.39 Å². The molecule has 1 fully saturated rings. The maximum Gasteiger partial charge on any atom is 0.308 e. The van der Waals surface area contributed by atoms with E-state index in [1.54, 1.807) is 12.1 Å². The fourth-order valence-electron chi connectivity index (χ4n) is 5.95. The number of nitrogens with two attached hydrogens (primary N) is 1. The molecule has 0 unspecified atom stereocenters. The molecule has 0 bridgehead atoms. The van der Waals surface area contributed by atoms with Gasteiger partial charge in [0.15, 0.2) is 17.2 Å². The van der Waals surface area contributed by atoms with Crippen LogP contribution < -0.4 is 20.5 Å². The number of methoxy groups -OCH3 is 2. The van der Waals surface area contributed by atoms with Crippen LogP contribution in [0.15, 0.2) is 54.6 Å². The number of benzene rings is 3. The Bertz CT molecular complexity index is 1420. The number of fused-ring (bicyclic) bond motifs is 1. The Kier molecular flexibility index (Phi) is 8.01. The van der Waals surface area contributed by atoms with Crippen LogP contribution in [-0.4, -0.2) is 38.7 Å². The first-order valence-corrected chi connectivity index (χ1v) is 13.7. The van der Waals surface area contributed by atoms with Crippen molar-refractivity contribution in [3.8, 4) is 22.6 Å². The Morgan fingerprint density at radius 2 is 1.77 bits per heavy atom. The van der Waals surface area contributed by atoms with Crippen molar-refractivity contribution in [3.63, 3.8) is 0 Å². The minimum Gasteiger partial charge on any atom is -0.494 e. The number of primary amides is 1. The first-order chi connectivity index (χ1) is 19.3. The number of carbonyl (C=O) groups excluding carboxylic acids is 2. The quantitative estimate of drug-likeness (QED) is 0.354. The Hall–Kier alpha value is -3.62. The van der Waals surface area contributed by atoms with Crippen molar-refractivity contribution in [1.29, 1.82) is 0 Å².